The molecule has 0 amide bonds. The minimum Gasteiger partial charge on any atom is -0.294 e. The van der Waals surface area contributed by atoms with Crippen molar-refractivity contribution in [1.29, 1.82) is 0 Å². The van der Waals surface area contributed by atoms with Crippen LogP contribution in [0.4, 0.5) is 0 Å². The van der Waals surface area contributed by atoms with Gasteiger partial charge in [0.15, 0.2) is 0 Å². The van der Waals surface area contributed by atoms with E-state index >= 15 is 0 Å². The van der Waals surface area contributed by atoms with E-state index in [-0.39, 0.29) is 0 Å². The minimum absolute atomic E-state index is 0.900. The average molecular weight is 511 g/mol. The summed E-state index contributed by atoms with van der Waals surface area (Å²) in [6.07, 6.45) is 1.91. The molecule has 0 saturated carbocycles. The first-order chi connectivity index (χ1) is 19.8. The third kappa shape index (κ3) is 2.90. The van der Waals surface area contributed by atoms with Gasteiger partial charge in [0, 0.05) is 27.7 Å². The SMILES string of the molecule is c1ccc(-c2ccnc(-n3c4ccccc4c4cc5c6ccccc6n6c7ccccc7nc6c5cc43)c2)cc1. The maximum absolute atomic E-state index is 5.15. The van der Waals surface area contributed by atoms with Crippen molar-refractivity contribution in [3.63, 3.8) is 0 Å². The number of rotatable bonds is 2. The first-order valence-electron chi connectivity index (χ1n) is 13.5. The first kappa shape index (κ1) is 21.5. The number of imidazole rings is 1. The van der Waals surface area contributed by atoms with Crippen LogP contribution in [-0.4, -0.2) is 18.9 Å². The second kappa shape index (κ2) is 8.01. The molecular weight excluding hydrogens is 488 g/mol. The molecule has 4 heteroatoms. The summed E-state index contributed by atoms with van der Waals surface area (Å²) in [5, 5.41) is 5.98. The number of pyridine rings is 2. The second-order valence-corrected chi connectivity index (χ2v) is 10.3. The van der Waals surface area contributed by atoms with Crippen LogP contribution in [-0.2, 0) is 0 Å². The Kier molecular flexibility index (Phi) is 4.30. The van der Waals surface area contributed by atoms with E-state index in [0.29, 0.717) is 0 Å². The molecule has 0 saturated heterocycles. The lowest BCUT2D eigenvalue weighted by Crippen LogP contribution is -1.98. The van der Waals surface area contributed by atoms with E-state index in [4.69, 9.17) is 9.97 Å². The van der Waals surface area contributed by atoms with Gasteiger partial charge in [0.25, 0.3) is 0 Å². The van der Waals surface area contributed by atoms with E-state index in [2.05, 4.69) is 130 Å². The van der Waals surface area contributed by atoms with Crippen molar-refractivity contribution < 1.29 is 0 Å². The summed E-state index contributed by atoms with van der Waals surface area (Å²) >= 11 is 0. The molecule has 5 aromatic carbocycles. The van der Waals surface area contributed by atoms with E-state index in [0.717, 1.165) is 44.5 Å². The Bertz CT molecular complexity index is 2430. The Labute approximate surface area is 229 Å². The maximum atomic E-state index is 5.15. The second-order valence-electron chi connectivity index (χ2n) is 10.3. The van der Waals surface area contributed by atoms with Crippen LogP contribution in [0, 0.1) is 0 Å². The first-order valence-corrected chi connectivity index (χ1v) is 13.5. The maximum Gasteiger partial charge on any atom is 0.146 e. The van der Waals surface area contributed by atoms with Crippen LogP contribution in [0.15, 0.2) is 134 Å². The smallest absolute Gasteiger partial charge is 0.146 e. The van der Waals surface area contributed by atoms with Crippen LogP contribution in [0.2, 0.25) is 0 Å². The molecule has 0 spiro atoms. The van der Waals surface area contributed by atoms with Gasteiger partial charge in [-0.15, -0.1) is 0 Å². The fourth-order valence-corrected chi connectivity index (χ4v) is 6.37. The van der Waals surface area contributed by atoms with Gasteiger partial charge in [-0.05, 0) is 65.0 Å². The minimum atomic E-state index is 0.900. The zero-order valence-corrected chi connectivity index (χ0v) is 21.5. The number of para-hydroxylation sites is 4. The summed E-state index contributed by atoms with van der Waals surface area (Å²) in [5.41, 5.74) is 8.83. The Balaban J connectivity index is 1.46. The molecule has 186 valence electrons. The summed E-state index contributed by atoms with van der Waals surface area (Å²) in [6, 6.07) is 45.1. The highest BCUT2D eigenvalue weighted by molar-refractivity contribution is 6.21. The van der Waals surface area contributed by atoms with E-state index in [1.807, 2.05) is 12.3 Å². The van der Waals surface area contributed by atoms with Gasteiger partial charge < -0.3 is 0 Å². The fraction of sp³-hybridized carbons (Fsp3) is 0. The quantitative estimate of drug-likeness (QED) is 0.218. The molecule has 0 atom stereocenters. The molecule has 0 bridgehead atoms. The number of fused-ring (bicyclic) bond motifs is 11. The van der Waals surface area contributed by atoms with Crippen molar-refractivity contribution in [1.82, 2.24) is 18.9 Å². The standard InChI is InChI=1S/C36H22N4/c1-2-10-23(11-3-1)24-18-19-37-35(20-24)39-31-15-7-5-13-26(31)28-21-27-25-12-4-8-16-32(25)40-33-17-9-6-14-30(33)38-36(40)29(27)22-34(28)39/h1-22H. The molecule has 9 rings (SSSR count). The van der Waals surface area contributed by atoms with Crippen LogP contribution in [0.5, 0.6) is 0 Å². The van der Waals surface area contributed by atoms with Crippen LogP contribution in [0.25, 0.3) is 77.1 Å². The summed E-state index contributed by atoms with van der Waals surface area (Å²) < 4.78 is 4.60. The Morgan fingerprint density at radius 1 is 0.450 bits per heavy atom. The number of benzene rings is 5. The van der Waals surface area contributed by atoms with Crippen molar-refractivity contribution in [3.8, 4) is 16.9 Å². The molecule has 40 heavy (non-hydrogen) atoms. The van der Waals surface area contributed by atoms with E-state index < -0.39 is 0 Å². The van der Waals surface area contributed by atoms with E-state index in [9.17, 15) is 0 Å². The lowest BCUT2D eigenvalue weighted by molar-refractivity contribution is 1.08. The van der Waals surface area contributed by atoms with Crippen molar-refractivity contribution in [3.05, 3.63) is 134 Å². The number of nitrogens with zero attached hydrogens (tertiary/aromatic N) is 4. The molecule has 4 nitrogen and oxygen atoms in total. The van der Waals surface area contributed by atoms with Crippen LogP contribution in [0.3, 0.4) is 0 Å². The predicted molar refractivity (Wildman–Crippen MR) is 165 cm³/mol. The third-order valence-electron chi connectivity index (χ3n) is 8.13. The Morgan fingerprint density at radius 3 is 2.00 bits per heavy atom. The van der Waals surface area contributed by atoms with Crippen molar-refractivity contribution in [2.75, 3.05) is 0 Å². The van der Waals surface area contributed by atoms with Gasteiger partial charge in [-0.3, -0.25) is 8.97 Å². The van der Waals surface area contributed by atoms with Gasteiger partial charge >= 0.3 is 0 Å². The van der Waals surface area contributed by atoms with E-state index in [1.165, 1.54) is 32.6 Å². The lowest BCUT2D eigenvalue weighted by atomic mass is 10.0. The average Bonchev–Trinajstić information content (AvgIpc) is 3.57. The van der Waals surface area contributed by atoms with Crippen molar-refractivity contribution in [2.45, 2.75) is 0 Å². The Hall–Kier alpha value is -5.48. The molecule has 0 unspecified atom stereocenters. The van der Waals surface area contributed by atoms with E-state index in [1.54, 1.807) is 0 Å². The highest BCUT2D eigenvalue weighted by Gasteiger charge is 2.19. The van der Waals surface area contributed by atoms with Crippen LogP contribution >= 0.6 is 0 Å². The molecule has 4 heterocycles. The molecule has 0 fully saturated rings. The highest BCUT2D eigenvalue weighted by Crippen LogP contribution is 2.39. The van der Waals surface area contributed by atoms with Gasteiger partial charge in [-0.1, -0.05) is 78.9 Å². The van der Waals surface area contributed by atoms with Gasteiger partial charge in [-0.2, -0.15) is 0 Å². The zero-order chi connectivity index (χ0) is 26.2. The number of hydrogen-bond acceptors (Lipinski definition) is 2. The zero-order valence-electron chi connectivity index (χ0n) is 21.5. The summed E-state index contributed by atoms with van der Waals surface area (Å²) in [6.45, 7) is 0. The lowest BCUT2D eigenvalue weighted by Gasteiger charge is -2.12. The van der Waals surface area contributed by atoms with Gasteiger partial charge in [0.1, 0.15) is 11.5 Å². The Morgan fingerprint density at radius 2 is 1.15 bits per heavy atom. The molecule has 9 aromatic rings. The summed E-state index contributed by atoms with van der Waals surface area (Å²) in [7, 11) is 0. The number of aromatic nitrogens is 4. The predicted octanol–water partition coefficient (Wildman–Crippen LogP) is 8.95. The number of hydrogen-bond donors (Lipinski definition) is 0. The largest absolute Gasteiger partial charge is 0.294 e. The molecule has 0 radical (unpaired) electrons. The van der Waals surface area contributed by atoms with Gasteiger partial charge in [0.2, 0.25) is 0 Å². The topological polar surface area (TPSA) is 35.1 Å². The monoisotopic (exact) mass is 510 g/mol. The molecule has 0 N–H and O–H groups in total. The molecular formula is C36H22N4. The molecule has 0 aliphatic rings. The van der Waals surface area contributed by atoms with Gasteiger partial charge in [-0.25, -0.2) is 9.97 Å². The summed E-state index contributed by atoms with van der Waals surface area (Å²) in [4.78, 5) is 10.0. The third-order valence-corrected chi connectivity index (χ3v) is 8.13. The highest BCUT2D eigenvalue weighted by atomic mass is 15.1. The molecule has 0 aliphatic carbocycles. The summed E-state index contributed by atoms with van der Waals surface area (Å²) in [5.74, 6) is 0.900. The molecule has 0 aliphatic heterocycles. The normalized spacial score (nSPS) is 12.0. The van der Waals surface area contributed by atoms with Gasteiger partial charge in [0.05, 0.1) is 27.6 Å². The van der Waals surface area contributed by atoms with Crippen LogP contribution < -0.4 is 0 Å². The molecule has 4 aromatic heterocycles. The van der Waals surface area contributed by atoms with Crippen LogP contribution in [0.1, 0.15) is 0 Å². The van der Waals surface area contributed by atoms with Crippen molar-refractivity contribution >= 4 is 60.2 Å². The fourth-order valence-electron chi connectivity index (χ4n) is 6.37. The van der Waals surface area contributed by atoms with Crippen molar-refractivity contribution in [2.24, 2.45) is 0 Å².